The molecule has 7 nitrogen and oxygen atoms in total. The topological polar surface area (TPSA) is 118 Å². The summed E-state index contributed by atoms with van der Waals surface area (Å²) in [4.78, 5) is 40.9. The van der Waals surface area contributed by atoms with E-state index >= 15 is 0 Å². The third-order valence-corrected chi connectivity index (χ3v) is 1.36. The molecule has 0 bridgehead atoms. The van der Waals surface area contributed by atoms with Gasteiger partial charge in [0.25, 0.3) is 0 Å². The minimum Gasteiger partial charge on any atom is -0.481 e. The van der Waals surface area contributed by atoms with Gasteiger partial charge in [-0.2, -0.15) is 0 Å². The van der Waals surface area contributed by atoms with Gasteiger partial charge in [-0.3, -0.25) is 19.2 Å². The first-order valence-electron chi connectivity index (χ1n) is 3.55. The van der Waals surface area contributed by atoms with Crippen LogP contribution in [0.2, 0.25) is 0 Å². The highest BCUT2D eigenvalue weighted by atomic mass is 16.6. The third-order valence-electron chi connectivity index (χ3n) is 1.36. The van der Waals surface area contributed by atoms with E-state index in [1.807, 2.05) is 0 Å². The molecule has 78 valence electrons. The molecule has 0 saturated heterocycles. The standard InChI is InChI=1S/C7H8O7/c8-3-14-6(11)2-4(7(12)13)1-5(9)10/h3-4H,1-2H2,(H,9,10)(H,12,13). The zero-order chi connectivity index (χ0) is 11.1. The number of hydrogen-bond acceptors (Lipinski definition) is 5. The van der Waals surface area contributed by atoms with Crippen LogP contribution in [0.15, 0.2) is 0 Å². The molecular weight excluding hydrogens is 196 g/mol. The van der Waals surface area contributed by atoms with E-state index in [0.29, 0.717) is 0 Å². The van der Waals surface area contributed by atoms with Crippen molar-refractivity contribution < 1.29 is 34.1 Å². The summed E-state index contributed by atoms with van der Waals surface area (Å²) in [7, 11) is 0. The molecule has 1 unspecified atom stereocenters. The highest BCUT2D eigenvalue weighted by Gasteiger charge is 2.24. The van der Waals surface area contributed by atoms with Crippen LogP contribution in [0.3, 0.4) is 0 Å². The van der Waals surface area contributed by atoms with Crippen LogP contribution in [0.5, 0.6) is 0 Å². The Morgan fingerprint density at radius 3 is 2.14 bits per heavy atom. The molecule has 0 aliphatic carbocycles. The summed E-state index contributed by atoms with van der Waals surface area (Å²) in [6.45, 7) is -0.137. The van der Waals surface area contributed by atoms with E-state index in [4.69, 9.17) is 10.2 Å². The minimum atomic E-state index is -1.42. The smallest absolute Gasteiger partial charge is 0.314 e. The molecule has 0 fully saturated rings. The molecule has 0 heterocycles. The van der Waals surface area contributed by atoms with Gasteiger partial charge in [0, 0.05) is 0 Å². The predicted octanol–water partition coefficient (Wildman–Crippen LogP) is -0.748. The van der Waals surface area contributed by atoms with E-state index < -0.39 is 36.7 Å². The molecule has 0 aromatic heterocycles. The first kappa shape index (κ1) is 12.1. The zero-order valence-corrected chi connectivity index (χ0v) is 7.00. The number of esters is 1. The number of carbonyl (C=O) groups excluding carboxylic acids is 2. The minimum absolute atomic E-state index is 0.137. The number of carboxylic acid groups (broad SMARTS) is 2. The molecule has 14 heavy (non-hydrogen) atoms. The van der Waals surface area contributed by atoms with Gasteiger partial charge in [0.15, 0.2) is 0 Å². The van der Waals surface area contributed by atoms with Gasteiger partial charge in [-0.1, -0.05) is 0 Å². The molecule has 0 radical (unpaired) electrons. The third kappa shape index (κ3) is 4.86. The molecule has 0 aliphatic rings. The summed E-state index contributed by atoms with van der Waals surface area (Å²) in [5.74, 6) is -5.19. The van der Waals surface area contributed by atoms with Gasteiger partial charge in [0.1, 0.15) is 0 Å². The Morgan fingerprint density at radius 2 is 1.79 bits per heavy atom. The predicted molar refractivity (Wildman–Crippen MR) is 40.2 cm³/mol. The Balaban J connectivity index is 4.22. The van der Waals surface area contributed by atoms with Gasteiger partial charge in [-0.05, 0) is 0 Å². The molecule has 0 amide bonds. The number of aliphatic carboxylic acids is 2. The van der Waals surface area contributed by atoms with E-state index in [-0.39, 0.29) is 6.47 Å². The molecule has 7 heteroatoms. The lowest BCUT2D eigenvalue weighted by molar-refractivity contribution is -0.157. The van der Waals surface area contributed by atoms with Gasteiger partial charge < -0.3 is 14.9 Å². The number of carbonyl (C=O) groups is 4. The normalized spacial score (nSPS) is 11.4. The van der Waals surface area contributed by atoms with Crippen LogP contribution in [-0.4, -0.2) is 34.6 Å². The van der Waals surface area contributed by atoms with Gasteiger partial charge >= 0.3 is 24.4 Å². The van der Waals surface area contributed by atoms with Crippen molar-refractivity contribution in [1.29, 1.82) is 0 Å². The van der Waals surface area contributed by atoms with Gasteiger partial charge in [-0.15, -0.1) is 0 Å². The van der Waals surface area contributed by atoms with E-state index in [9.17, 15) is 19.2 Å². The molecule has 0 aromatic rings. The van der Waals surface area contributed by atoms with Gasteiger partial charge in [-0.25, -0.2) is 0 Å². The Bertz CT molecular complexity index is 257. The van der Waals surface area contributed by atoms with Crippen molar-refractivity contribution in [2.45, 2.75) is 12.8 Å². The second-order valence-electron chi connectivity index (χ2n) is 2.42. The lowest BCUT2D eigenvalue weighted by Crippen LogP contribution is -2.22. The highest BCUT2D eigenvalue weighted by molar-refractivity contribution is 5.84. The summed E-state index contributed by atoms with van der Waals surface area (Å²) in [6, 6.07) is 0. The van der Waals surface area contributed by atoms with Crippen LogP contribution in [0, 0.1) is 5.92 Å². The van der Waals surface area contributed by atoms with Crippen molar-refractivity contribution in [3.8, 4) is 0 Å². The summed E-state index contributed by atoms with van der Waals surface area (Å²) in [5.41, 5.74) is 0. The molecular formula is C7H8O7. The molecule has 0 aromatic carbocycles. The van der Waals surface area contributed by atoms with Gasteiger partial charge in [0.05, 0.1) is 18.8 Å². The van der Waals surface area contributed by atoms with Crippen LogP contribution < -0.4 is 0 Å². The number of ether oxygens (including phenoxy) is 1. The maximum absolute atomic E-state index is 10.6. The lowest BCUT2D eigenvalue weighted by atomic mass is 10.0. The van der Waals surface area contributed by atoms with Crippen molar-refractivity contribution in [2.75, 3.05) is 0 Å². The average Bonchev–Trinajstić information content (AvgIpc) is 2.02. The Morgan fingerprint density at radius 1 is 1.21 bits per heavy atom. The molecule has 0 rings (SSSR count). The quantitative estimate of drug-likeness (QED) is 0.332. The fraction of sp³-hybridized carbons (Fsp3) is 0.429. The second-order valence-corrected chi connectivity index (χ2v) is 2.42. The summed E-state index contributed by atoms with van der Waals surface area (Å²) < 4.78 is 3.83. The van der Waals surface area contributed by atoms with Crippen molar-refractivity contribution in [3.05, 3.63) is 0 Å². The largest absolute Gasteiger partial charge is 0.481 e. The van der Waals surface area contributed by atoms with E-state index in [1.54, 1.807) is 0 Å². The number of carboxylic acids is 2. The van der Waals surface area contributed by atoms with Crippen molar-refractivity contribution in [2.24, 2.45) is 5.92 Å². The first-order chi connectivity index (χ1) is 6.47. The summed E-state index contributed by atoms with van der Waals surface area (Å²) in [6.07, 6.45) is -1.33. The maximum atomic E-state index is 10.6. The van der Waals surface area contributed by atoms with Crippen molar-refractivity contribution >= 4 is 24.4 Å². The first-order valence-corrected chi connectivity index (χ1v) is 3.55. The second kappa shape index (κ2) is 5.68. The molecule has 2 N–H and O–H groups in total. The van der Waals surface area contributed by atoms with E-state index in [0.717, 1.165) is 0 Å². The summed E-state index contributed by atoms with van der Waals surface area (Å²) in [5, 5.41) is 16.8. The molecule has 0 saturated carbocycles. The fourth-order valence-electron chi connectivity index (χ4n) is 0.761. The lowest BCUT2D eigenvalue weighted by Gasteiger charge is -2.06. The molecule has 0 spiro atoms. The number of rotatable bonds is 6. The van der Waals surface area contributed by atoms with E-state index in [1.165, 1.54) is 0 Å². The monoisotopic (exact) mass is 204 g/mol. The SMILES string of the molecule is O=COC(=O)CC(CC(=O)O)C(=O)O. The maximum Gasteiger partial charge on any atom is 0.314 e. The molecule has 0 aliphatic heterocycles. The zero-order valence-electron chi connectivity index (χ0n) is 7.00. The van der Waals surface area contributed by atoms with Crippen LogP contribution in [-0.2, 0) is 23.9 Å². The van der Waals surface area contributed by atoms with Crippen LogP contribution in [0.25, 0.3) is 0 Å². The van der Waals surface area contributed by atoms with Crippen molar-refractivity contribution in [3.63, 3.8) is 0 Å². The van der Waals surface area contributed by atoms with Crippen LogP contribution in [0.4, 0.5) is 0 Å². The van der Waals surface area contributed by atoms with Crippen LogP contribution >= 0.6 is 0 Å². The highest BCUT2D eigenvalue weighted by Crippen LogP contribution is 2.09. The van der Waals surface area contributed by atoms with E-state index in [2.05, 4.69) is 4.74 Å². The fourth-order valence-corrected chi connectivity index (χ4v) is 0.761. The van der Waals surface area contributed by atoms with Crippen molar-refractivity contribution in [1.82, 2.24) is 0 Å². The summed E-state index contributed by atoms with van der Waals surface area (Å²) >= 11 is 0. The van der Waals surface area contributed by atoms with Gasteiger partial charge in [0.2, 0.25) is 0 Å². The Kier molecular flexibility index (Phi) is 4.90. The molecule has 1 atom stereocenters. The Hall–Kier alpha value is -1.92. The number of hydrogen-bond donors (Lipinski definition) is 2. The average molecular weight is 204 g/mol. The Labute approximate surface area is 78.3 Å². The van der Waals surface area contributed by atoms with Crippen LogP contribution in [0.1, 0.15) is 12.8 Å².